The number of nitrogens with one attached hydrogen (secondary N) is 1. The van der Waals surface area contributed by atoms with Gasteiger partial charge in [-0.2, -0.15) is 4.37 Å². The van der Waals surface area contributed by atoms with Gasteiger partial charge in [0.2, 0.25) is 5.91 Å². The van der Waals surface area contributed by atoms with Crippen molar-refractivity contribution in [1.29, 1.82) is 0 Å². The molecule has 1 amide bonds. The average molecular weight is 228 g/mol. The molecule has 0 aliphatic heterocycles. The molecule has 0 spiro atoms. The van der Waals surface area contributed by atoms with Crippen molar-refractivity contribution in [2.75, 3.05) is 30.8 Å². The van der Waals surface area contributed by atoms with Gasteiger partial charge in [-0.05, 0) is 18.0 Å². The highest BCUT2D eigenvalue weighted by Gasteiger charge is 2.12. The number of anilines is 2. The Labute approximate surface area is 93.4 Å². The van der Waals surface area contributed by atoms with Gasteiger partial charge in [0.1, 0.15) is 10.8 Å². The van der Waals surface area contributed by atoms with Gasteiger partial charge in [-0.3, -0.25) is 4.79 Å². The summed E-state index contributed by atoms with van der Waals surface area (Å²) in [5.41, 5.74) is 5.55. The molecule has 5 nitrogen and oxygen atoms in total. The van der Waals surface area contributed by atoms with Crippen molar-refractivity contribution in [1.82, 2.24) is 9.69 Å². The number of nitrogen functional groups attached to an aromatic ring is 1. The molecule has 0 bridgehead atoms. The number of hydrogen-bond donors (Lipinski definition) is 2. The lowest BCUT2D eigenvalue weighted by Crippen LogP contribution is -2.35. The molecule has 0 saturated heterocycles. The summed E-state index contributed by atoms with van der Waals surface area (Å²) in [6, 6.07) is 1.79. The molecule has 1 aromatic rings. The highest BCUT2D eigenvalue weighted by atomic mass is 32.1. The van der Waals surface area contributed by atoms with Gasteiger partial charge < -0.3 is 16.0 Å². The summed E-state index contributed by atoms with van der Waals surface area (Å²) in [5, 5.41) is 3.55. The molecule has 15 heavy (non-hydrogen) atoms. The van der Waals surface area contributed by atoms with E-state index in [2.05, 4.69) is 16.6 Å². The van der Waals surface area contributed by atoms with Gasteiger partial charge in [-0.25, -0.2) is 0 Å². The summed E-state index contributed by atoms with van der Waals surface area (Å²) in [5.74, 6) is 0.503. The summed E-state index contributed by atoms with van der Waals surface area (Å²) < 4.78 is 4.00. The molecule has 1 rings (SSSR count). The van der Waals surface area contributed by atoms with Crippen LogP contribution in [0.15, 0.2) is 6.07 Å². The SMILES string of the molecule is CCCN(CC(=O)NC)c1cc(N)ns1. The van der Waals surface area contributed by atoms with Crippen molar-refractivity contribution >= 4 is 28.3 Å². The fourth-order valence-electron chi connectivity index (χ4n) is 1.22. The quantitative estimate of drug-likeness (QED) is 0.777. The Kier molecular flexibility index (Phi) is 4.36. The third-order valence-corrected chi connectivity index (χ3v) is 2.80. The van der Waals surface area contributed by atoms with Gasteiger partial charge in [0.05, 0.1) is 6.54 Å². The minimum Gasteiger partial charge on any atom is -0.383 e. The molecular weight excluding hydrogens is 212 g/mol. The number of likely N-dealkylation sites (N-methyl/N-ethyl adjacent to an activating group) is 1. The monoisotopic (exact) mass is 228 g/mol. The molecule has 0 fully saturated rings. The second-order valence-corrected chi connectivity index (χ2v) is 3.97. The smallest absolute Gasteiger partial charge is 0.239 e. The largest absolute Gasteiger partial charge is 0.383 e. The van der Waals surface area contributed by atoms with E-state index in [9.17, 15) is 4.79 Å². The standard InChI is InChI=1S/C9H16N4OS/c1-3-4-13(6-8(14)11-2)9-5-7(10)12-15-9/h5H,3-4,6H2,1-2H3,(H2,10,12)(H,11,14). The zero-order chi connectivity index (χ0) is 11.3. The molecule has 0 saturated carbocycles. The molecule has 0 radical (unpaired) electrons. The first kappa shape index (κ1) is 11.8. The first-order valence-electron chi connectivity index (χ1n) is 4.85. The maximum absolute atomic E-state index is 11.3. The summed E-state index contributed by atoms with van der Waals surface area (Å²) in [7, 11) is 1.63. The van der Waals surface area contributed by atoms with Crippen molar-refractivity contribution in [2.45, 2.75) is 13.3 Å². The minimum absolute atomic E-state index is 0.00424. The van der Waals surface area contributed by atoms with E-state index in [1.807, 2.05) is 4.90 Å². The molecule has 0 unspecified atom stereocenters. The Morgan fingerprint density at radius 1 is 1.73 bits per heavy atom. The summed E-state index contributed by atoms with van der Waals surface area (Å²) in [6.45, 7) is 3.25. The van der Waals surface area contributed by atoms with E-state index in [1.165, 1.54) is 11.5 Å². The van der Waals surface area contributed by atoms with Crippen molar-refractivity contribution in [3.63, 3.8) is 0 Å². The topological polar surface area (TPSA) is 71.2 Å². The van der Waals surface area contributed by atoms with Crippen molar-refractivity contribution in [3.8, 4) is 0 Å². The first-order chi connectivity index (χ1) is 7.17. The van der Waals surface area contributed by atoms with E-state index in [4.69, 9.17) is 5.73 Å². The van der Waals surface area contributed by atoms with Gasteiger partial charge >= 0.3 is 0 Å². The van der Waals surface area contributed by atoms with E-state index >= 15 is 0 Å². The van der Waals surface area contributed by atoms with Crippen LogP contribution in [0.4, 0.5) is 10.8 Å². The van der Waals surface area contributed by atoms with E-state index in [-0.39, 0.29) is 5.91 Å². The number of nitrogens with zero attached hydrogens (tertiary/aromatic N) is 2. The molecule has 0 aromatic carbocycles. The summed E-state index contributed by atoms with van der Waals surface area (Å²) >= 11 is 1.32. The number of nitrogens with two attached hydrogens (primary N) is 1. The summed E-state index contributed by atoms with van der Waals surface area (Å²) in [4.78, 5) is 13.3. The summed E-state index contributed by atoms with van der Waals surface area (Å²) in [6.07, 6.45) is 0.981. The number of carbonyl (C=O) groups is 1. The van der Waals surface area contributed by atoms with Crippen LogP contribution >= 0.6 is 11.5 Å². The molecule has 0 aliphatic rings. The lowest BCUT2D eigenvalue weighted by molar-refractivity contribution is -0.119. The minimum atomic E-state index is -0.00424. The molecule has 6 heteroatoms. The van der Waals surface area contributed by atoms with Gasteiger partial charge in [0.15, 0.2) is 0 Å². The Hall–Kier alpha value is -1.30. The Bertz CT molecular complexity index is 326. The maximum atomic E-state index is 11.3. The lowest BCUT2D eigenvalue weighted by Gasteiger charge is -2.20. The predicted octanol–water partition coefficient (Wildman–Crippen LogP) is 0.688. The van der Waals surface area contributed by atoms with Crippen molar-refractivity contribution < 1.29 is 4.79 Å². The average Bonchev–Trinajstić information content (AvgIpc) is 2.64. The number of amides is 1. The fourth-order valence-corrected chi connectivity index (χ4v) is 1.91. The van der Waals surface area contributed by atoms with Crippen LogP contribution in [0.1, 0.15) is 13.3 Å². The van der Waals surface area contributed by atoms with Crippen LogP contribution in [-0.2, 0) is 4.79 Å². The van der Waals surface area contributed by atoms with Crippen LogP contribution in [0.5, 0.6) is 0 Å². The predicted molar refractivity (Wildman–Crippen MR) is 63.1 cm³/mol. The van der Waals surface area contributed by atoms with E-state index in [1.54, 1.807) is 13.1 Å². The van der Waals surface area contributed by atoms with Crippen LogP contribution in [0.3, 0.4) is 0 Å². The van der Waals surface area contributed by atoms with Crippen molar-refractivity contribution in [3.05, 3.63) is 6.07 Å². The molecule has 3 N–H and O–H groups in total. The van der Waals surface area contributed by atoms with Crippen molar-refractivity contribution in [2.24, 2.45) is 0 Å². The van der Waals surface area contributed by atoms with Gasteiger partial charge in [0.25, 0.3) is 0 Å². The lowest BCUT2D eigenvalue weighted by atomic mass is 10.4. The van der Waals surface area contributed by atoms with E-state index < -0.39 is 0 Å². The molecule has 84 valence electrons. The van der Waals surface area contributed by atoms with E-state index in [0.29, 0.717) is 12.4 Å². The Balaban J connectivity index is 2.69. The first-order valence-corrected chi connectivity index (χ1v) is 5.62. The number of aromatic nitrogens is 1. The Morgan fingerprint density at radius 2 is 2.47 bits per heavy atom. The molecule has 1 heterocycles. The number of carbonyl (C=O) groups excluding carboxylic acids is 1. The normalized spacial score (nSPS) is 10.0. The highest BCUT2D eigenvalue weighted by molar-refractivity contribution is 7.10. The zero-order valence-electron chi connectivity index (χ0n) is 8.99. The second-order valence-electron chi connectivity index (χ2n) is 3.18. The van der Waals surface area contributed by atoms with Crippen LogP contribution < -0.4 is 16.0 Å². The second kappa shape index (κ2) is 5.55. The fraction of sp³-hybridized carbons (Fsp3) is 0.556. The maximum Gasteiger partial charge on any atom is 0.239 e. The van der Waals surface area contributed by atoms with Gasteiger partial charge in [-0.1, -0.05) is 6.92 Å². The highest BCUT2D eigenvalue weighted by Crippen LogP contribution is 2.22. The number of hydrogen-bond acceptors (Lipinski definition) is 5. The van der Waals surface area contributed by atoms with Gasteiger partial charge in [-0.15, -0.1) is 0 Å². The number of rotatable bonds is 5. The zero-order valence-corrected chi connectivity index (χ0v) is 9.80. The van der Waals surface area contributed by atoms with Crippen LogP contribution in [0.25, 0.3) is 0 Å². The third-order valence-electron chi connectivity index (χ3n) is 1.93. The van der Waals surface area contributed by atoms with Gasteiger partial charge in [0, 0.05) is 19.7 Å². The Morgan fingerprint density at radius 3 is 2.93 bits per heavy atom. The van der Waals surface area contributed by atoms with Crippen LogP contribution in [0.2, 0.25) is 0 Å². The van der Waals surface area contributed by atoms with Crippen LogP contribution in [0, 0.1) is 0 Å². The third kappa shape index (κ3) is 3.39. The van der Waals surface area contributed by atoms with Crippen LogP contribution in [-0.4, -0.2) is 30.4 Å². The molecular formula is C9H16N4OS. The molecule has 0 aliphatic carbocycles. The molecule has 0 atom stereocenters. The molecule has 1 aromatic heterocycles. The van der Waals surface area contributed by atoms with E-state index in [0.717, 1.165) is 18.0 Å².